The lowest BCUT2D eigenvalue weighted by molar-refractivity contribution is 0.171. The zero-order valence-electron chi connectivity index (χ0n) is 13.1. The van der Waals surface area contributed by atoms with Crippen molar-refractivity contribution in [1.82, 2.24) is 14.9 Å². The van der Waals surface area contributed by atoms with Gasteiger partial charge in [-0.05, 0) is 18.4 Å². The topological polar surface area (TPSA) is 98.7 Å². The summed E-state index contributed by atoms with van der Waals surface area (Å²) >= 11 is 0. The molecule has 1 aromatic carbocycles. The second-order valence-electron chi connectivity index (χ2n) is 5.72. The number of amides is 2. The standard InChI is InChI=1S/C15H23N3O4S/c1-23(21,22)18-9-7-13(8-10-18)17-15(20)16-11-14(19)12-5-3-2-4-6-12/h2-6,13-14,19H,7-11H2,1H3,(H2,16,17,20)/t14-/m0/s1. The third-order valence-electron chi connectivity index (χ3n) is 3.90. The fourth-order valence-corrected chi connectivity index (χ4v) is 3.42. The lowest BCUT2D eigenvalue weighted by Gasteiger charge is -2.30. The maximum Gasteiger partial charge on any atom is 0.315 e. The normalized spacial score (nSPS) is 18.3. The van der Waals surface area contributed by atoms with E-state index in [4.69, 9.17) is 0 Å². The zero-order valence-corrected chi connectivity index (χ0v) is 13.9. The summed E-state index contributed by atoms with van der Waals surface area (Å²) in [6, 6.07) is 8.71. The quantitative estimate of drug-likeness (QED) is 0.724. The molecular weight excluding hydrogens is 318 g/mol. The second-order valence-corrected chi connectivity index (χ2v) is 7.70. The van der Waals surface area contributed by atoms with Gasteiger partial charge in [-0.2, -0.15) is 0 Å². The Morgan fingerprint density at radius 1 is 1.30 bits per heavy atom. The maximum atomic E-state index is 11.9. The van der Waals surface area contributed by atoms with Crippen molar-refractivity contribution in [3.8, 4) is 0 Å². The number of rotatable bonds is 5. The Hall–Kier alpha value is -1.64. The minimum absolute atomic E-state index is 0.0538. The number of benzene rings is 1. The van der Waals surface area contributed by atoms with Crippen molar-refractivity contribution in [3.63, 3.8) is 0 Å². The molecule has 0 spiro atoms. The molecule has 1 fully saturated rings. The van der Waals surface area contributed by atoms with E-state index >= 15 is 0 Å². The Labute approximate surface area is 136 Å². The molecule has 8 heteroatoms. The molecule has 0 unspecified atom stereocenters. The van der Waals surface area contributed by atoms with Gasteiger partial charge in [-0.25, -0.2) is 17.5 Å². The van der Waals surface area contributed by atoms with Gasteiger partial charge in [0.25, 0.3) is 0 Å². The van der Waals surface area contributed by atoms with Gasteiger partial charge in [-0.3, -0.25) is 0 Å². The number of sulfonamides is 1. The summed E-state index contributed by atoms with van der Waals surface area (Å²) in [5.41, 5.74) is 0.745. The van der Waals surface area contributed by atoms with Crippen molar-refractivity contribution in [2.45, 2.75) is 25.0 Å². The van der Waals surface area contributed by atoms with E-state index in [-0.39, 0.29) is 18.6 Å². The summed E-state index contributed by atoms with van der Waals surface area (Å²) in [4.78, 5) is 11.9. The molecule has 1 aliphatic heterocycles. The number of piperidine rings is 1. The molecule has 1 aromatic rings. The highest BCUT2D eigenvalue weighted by atomic mass is 32.2. The van der Waals surface area contributed by atoms with Crippen LogP contribution >= 0.6 is 0 Å². The van der Waals surface area contributed by atoms with Crippen LogP contribution in [0, 0.1) is 0 Å². The largest absolute Gasteiger partial charge is 0.387 e. The van der Waals surface area contributed by atoms with E-state index in [1.807, 2.05) is 18.2 Å². The summed E-state index contributed by atoms with van der Waals surface area (Å²) in [5, 5.41) is 15.4. The smallest absolute Gasteiger partial charge is 0.315 e. The molecule has 23 heavy (non-hydrogen) atoms. The number of hydrogen-bond donors (Lipinski definition) is 3. The van der Waals surface area contributed by atoms with E-state index in [1.54, 1.807) is 12.1 Å². The fourth-order valence-electron chi connectivity index (χ4n) is 2.55. The van der Waals surface area contributed by atoms with Crippen LogP contribution in [0.5, 0.6) is 0 Å². The molecule has 0 radical (unpaired) electrons. The highest BCUT2D eigenvalue weighted by molar-refractivity contribution is 7.88. The van der Waals surface area contributed by atoms with Gasteiger partial charge in [0.2, 0.25) is 10.0 Å². The predicted molar refractivity (Wildman–Crippen MR) is 87.4 cm³/mol. The van der Waals surface area contributed by atoms with Gasteiger partial charge in [0.1, 0.15) is 0 Å². The number of hydrogen-bond acceptors (Lipinski definition) is 4. The summed E-state index contributed by atoms with van der Waals surface area (Å²) < 4.78 is 24.3. The first-order valence-electron chi connectivity index (χ1n) is 7.59. The fraction of sp³-hybridized carbons (Fsp3) is 0.533. The number of nitrogens with zero attached hydrogens (tertiary/aromatic N) is 1. The van der Waals surface area contributed by atoms with Gasteiger partial charge < -0.3 is 15.7 Å². The highest BCUT2D eigenvalue weighted by Gasteiger charge is 2.25. The van der Waals surface area contributed by atoms with E-state index in [1.165, 1.54) is 10.6 Å². The number of carbonyl (C=O) groups is 1. The van der Waals surface area contributed by atoms with Crippen LogP contribution in [-0.2, 0) is 10.0 Å². The molecular formula is C15H23N3O4S. The molecule has 3 N–H and O–H groups in total. The Balaban J connectivity index is 1.72. The van der Waals surface area contributed by atoms with E-state index in [0.717, 1.165) is 5.56 Å². The van der Waals surface area contributed by atoms with Crippen molar-refractivity contribution in [2.75, 3.05) is 25.9 Å². The van der Waals surface area contributed by atoms with Crippen LogP contribution in [-0.4, -0.2) is 55.8 Å². The number of aliphatic hydroxyl groups excluding tert-OH is 1. The molecule has 0 bridgehead atoms. The summed E-state index contributed by atoms with van der Waals surface area (Å²) in [7, 11) is -3.16. The third-order valence-corrected chi connectivity index (χ3v) is 5.20. The third kappa shape index (κ3) is 5.49. The lowest BCUT2D eigenvalue weighted by Crippen LogP contribution is -2.49. The SMILES string of the molecule is CS(=O)(=O)N1CCC(NC(=O)NC[C@H](O)c2ccccc2)CC1. The van der Waals surface area contributed by atoms with Crippen LogP contribution in [0.4, 0.5) is 4.79 Å². The summed E-state index contributed by atoms with van der Waals surface area (Å²) in [6.45, 7) is 0.949. The van der Waals surface area contributed by atoms with E-state index in [2.05, 4.69) is 10.6 Å². The van der Waals surface area contributed by atoms with Gasteiger partial charge in [0.15, 0.2) is 0 Å². The van der Waals surface area contributed by atoms with Gasteiger partial charge in [-0.1, -0.05) is 30.3 Å². The maximum absolute atomic E-state index is 11.9. The molecule has 1 aliphatic rings. The molecule has 0 aromatic heterocycles. The van der Waals surface area contributed by atoms with Crippen molar-refractivity contribution in [2.24, 2.45) is 0 Å². The molecule has 1 heterocycles. The molecule has 128 valence electrons. The Bertz CT molecular complexity index is 613. The molecule has 2 amide bonds. The number of carbonyl (C=O) groups excluding carboxylic acids is 1. The van der Waals surface area contributed by atoms with Crippen LogP contribution in [0.25, 0.3) is 0 Å². The molecule has 7 nitrogen and oxygen atoms in total. The Morgan fingerprint density at radius 3 is 2.48 bits per heavy atom. The molecule has 1 atom stereocenters. The molecule has 0 aliphatic carbocycles. The zero-order chi connectivity index (χ0) is 16.9. The van der Waals surface area contributed by atoms with Crippen LogP contribution in [0.15, 0.2) is 30.3 Å². The molecule has 1 saturated heterocycles. The number of urea groups is 1. The monoisotopic (exact) mass is 341 g/mol. The predicted octanol–water partition coefficient (Wildman–Crippen LogP) is 0.443. The highest BCUT2D eigenvalue weighted by Crippen LogP contribution is 2.13. The van der Waals surface area contributed by atoms with Gasteiger partial charge in [-0.15, -0.1) is 0 Å². The minimum atomic E-state index is -3.16. The minimum Gasteiger partial charge on any atom is -0.387 e. The summed E-state index contributed by atoms with van der Waals surface area (Å²) in [5.74, 6) is 0. The molecule has 2 rings (SSSR count). The van der Waals surface area contributed by atoms with Crippen molar-refractivity contribution < 1.29 is 18.3 Å². The Morgan fingerprint density at radius 2 is 1.91 bits per heavy atom. The second kappa shape index (κ2) is 7.76. The first-order chi connectivity index (χ1) is 10.9. The van der Waals surface area contributed by atoms with E-state index < -0.39 is 16.1 Å². The van der Waals surface area contributed by atoms with Crippen molar-refractivity contribution in [1.29, 1.82) is 0 Å². The Kier molecular flexibility index (Phi) is 5.97. The summed E-state index contributed by atoms with van der Waals surface area (Å²) in [6.07, 6.45) is 1.61. The average molecular weight is 341 g/mol. The van der Waals surface area contributed by atoms with Gasteiger partial charge >= 0.3 is 6.03 Å². The number of aliphatic hydroxyl groups is 1. The van der Waals surface area contributed by atoms with Crippen molar-refractivity contribution >= 4 is 16.1 Å². The average Bonchev–Trinajstić information content (AvgIpc) is 2.53. The lowest BCUT2D eigenvalue weighted by atomic mass is 10.1. The van der Waals surface area contributed by atoms with E-state index in [9.17, 15) is 18.3 Å². The van der Waals surface area contributed by atoms with Gasteiger partial charge in [0.05, 0.1) is 12.4 Å². The van der Waals surface area contributed by atoms with Crippen LogP contribution in [0.1, 0.15) is 24.5 Å². The first kappa shape index (κ1) is 17.7. The van der Waals surface area contributed by atoms with E-state index in [0.29, 0.717) is 25.9 Å². The van der Waals surface area contributed by atoms with Gasteiger partial charge in [0, 0.05) is 25.7 Å². The number of nitrogens with one attached hydrogen (secondary N) is 2. The van der Waals surface area contributed by atoms with Crippen LogP contribution in [0.2, 0.25) is 0 Å². The van der Waals surface area contributed by atoms with Crippen LogP contribution in [0.3, 0.4) is 0 Å². The van der Waals surface area contributed by atoms with Crippen LogP contribution < -0.4 is 10.6 Å². The molecule has 0 saturated carbocycles. The first-order valence-corrected chi connectivity index (χ1v) is 9.43. The van der Waals surface area contributed by atoms with Crippen molar-refractivity contribution in [3.05, 3.63) is 35.9 Å².